The van der Waals surface area contributed by atoms with E-state index in [1.165, 1.54) is 0 Å². The van der Waals surface area contributed by atoms with E-state index in [-0.39, 0.29) is 11.9 Å². The van der Waals surface area contributed by atoms with Crippen LogP contribution in [-0.2, 0) is 10.3 Å². The van der Waals surface area contributed by atoms with Crippen molar-refractivity contribution < 1.29 is 14.3 Å². The molecule has 1 spiro atoms. The molecular formula is C20H16N2O3. The Morgan fingerprint density at radius 3 is 2.68 bits per heavy atom. The molecule has 0 radical (unpaired) electrons. The predicted molar refractivity (Wildman–Crippen MR) is 89.8 cm³/mol. The Kier molecular flexibility index (Phi) is 3.54. The normalized spacial score (nSPS) is 21.6. The summed E-state index contributed by atoms with van der Waals surface area (Å²) in [5, 5.41) is 8.88. The Morgan fingerprint density at radius 1 is 1.16 bits per heavy atom. The Balaban J connectivity index is 1.62. The first-order chi connectivity index (χ1) is 12.1. The highest BCUT2D eigenvalue weighted by Crippen LogP contribution is 2.42. The van der Waals surface area contributed by atoms with Gasteiger partial charge in [-0.1, -0.05) is 18.2 Å². The van der Waals surface area contributed by atoms with Crippen molar-refractivity contribution in [2.45, 2.75) is 18.4 Å². The van der Waals surface area contributed by atoms with Gasteiger partial charge in [-0.15, -0.1) is 0 Å². The third-order valence-electron chi connectivity index (χ3n) is 4.93. The summed E-state index contributed by atoms with van der Waals surface area (Å²) in [4.78, 5) is 26.8. The van der Waals surface area contributed by atoms with E-state index in [1.807, 2.05) is 24.3 Å². The lowest BCUT2D eigenvalue weighted by Crippen LogP contribution is -2.48. The van der Waals surface area contributed by atoms with E-state index in [9.17, 15) is 9.59 Å². The predicted octanol–water partition coefficient (Wildman–Crippen LogP) is 2.86. The Bertz CT molecular complexity index is 898. The van der Waals surface area contributed by atoms with Crippen molar-refractivity contribution in [2.75, 3.05) is 13.1 Å². The van der Waals surface area contributed by atoms with Gasteiger partial charge in [0, 0.05) is 17.7 Å². The minimum atomic E-state index is -0.742. The summed E-state index contributed by atoms with van der Waals surface area (Å²) < 4.78 is 5.74. The standard InChI is InChI=1S/C20H16N2O3/c21-12-14-6-8-15(9-7-14)18(23)22-11-3-10-20(13-22)17-5-2-1-4-16(17)19(24)25-20/h1-2,4-9H,3,10-11,13H2. The molecule has 2 aliphatic rings. The summed E-state index contributed by atoms with van der Waals surface area (Å²) in [5.41, 5.74) is 1.78. The highest BCUT2D eigenvalue weighted by atomic mass is 16.6. The number of nitriles is 1. The molecule has 2 aromatic carbocycles. The van der Waals surface area contributed by atoms with Crippen molar-refractivity contribution in [3.05, 3.63) is 70.8 Å². The van der Waals surface area contributed by atoms with Crippen molar-refractivity contribution in [1.29, 1.82) is 5.26 Å². The molecule has 25 heavy (non-hydrogen) atoms. The number of benzene rings is 2. The smallest absolute Gasteiger partial charge is 0.339 e. The minimum Gasteiger partial charge on any atom is -0.449 e. The van der Waals surface area contributed by atoms with Gasteiger partial charge < -0.3 is 9.64 Å². The van der Waals surface area contributed by atoms with Crippen LogP contribution in [0.3, 0.4) is 0 Å². The van der Waals surface area contributed by atoms with Crippen LogP contribution in [-0.4, -0.2) is 29.9 Å². The summed E-state index contributed by atoms with van der Waals surface area (Å²) in [7, 11) is 0. The zero-order valence-corrected chi connectivity index (χ0v) is 13.6. The minimum absolute atomic E-state index is 0.107. The molecule has 5 heteroatoms. The van der Waals surface area contributed by atoms with Crippen LogP contribution in [0, 0.1) is 11.3 Å². The van der Waals surface area contributed by atoms with E-state index < -0.39 is 5.60 Å². The molecule has 0 saturated carbocycles. The van der Waals surface area contributed by atoms with Crippen LogP contribution < -0.4 is 0 Å². The summed E-state index contributed by atoms with van der Waals surface area (Å²) >= 11 is 0. The number of fused-ring (bicyclic) bond motifs is 2. The van der Waals surface area contributed by atoms with Gasteiger partial charge in [-0.05, 0) is 43.2 Å². The Labute approximate surface area is 145 Å². The number of rotatable bonds is 1. The summed E-state index contributed by atoms with van der Waals surface area (Å²) in [6, 6.07) is 16.0. The number of carbonyl (C=O) groups is 2. The monoisotopic (exact) mass is 332 g/mol. The number of hydrogen-bond acceptors (Lipinski definition) is 4. The molecule has 1 saturated heterocycles. The zero-order chi connectivity index (χ0) is 17.4. The average Bonchev–Trinajstić information content (AvgIpc) is 2.93. The van der Waals surface area contributed by atoms with E-state index in [2.05, 4.69) is 0 Å². The quantitative estimate of drug-likeness (QED) is 0.753. The number of nitrogens with zero attached hydrogens (tertiary/aromatic N) is 2. The molecule has 1 amide bonds. The van der Waals surface area contributed by atoms with Gasteiger partial charge in [0.15, 0.2) is 5.60 Å². The second kappa shape index (κ2) is 5.75. The van der Waals surface area contributed by atoms with Crippen LogP contribution in [0.25, 0.3) is 0 Å². The highest BCUT2D eigenvalue weighted by molar-refractivity contribution is 5.96. The maximum atomic E-state index is 12.8. The fourth-order valence-electron chi connectivity index (χ4n) is 3.71. The first-order valence-electron chi connectivity index (χ1n) is 8.25. The van der Waals surface area contributed by atoms with Crippen LogP contribution in [0.2, 0.25) is 0 Å². The lowest BCUT2D eigenvalue weighted by molar-refractivity contribution is -0.0442. The molecule has 2 heterocycles. The molecule has 2 aliphatic heterocycles. The first kappa shape index (κ1) is 15.4. The van der Waals surface area contributed by atoms with Crippen molar-refractivity contribution in [2.24, 2.45) is 0 Å². The number of esters is 1. The molecule has 1 atom stereocenters. The third kappa shape index (κ3) is 2.47. The zero-order valence-electron chi connectivity index (χ0n) is 13.6. The molecule has 0 bridgehead atoms. The maximum Gasteiger partial charge on any atom is 0.339 e. The molecule has 0 aromatic heterocycles. The van der Waals surface area contributed by atoms with Gasteiger partial charge in [-0.2, -0.15) is 5.26 Å². The molecule has 1 unspecified atom stereocenters. The van der Waals surface area contributed by atoms with Crippen molar-refractivity contribution in [3.63, 3.8) is 0 Å². The molecule has 124 valence electrons. The molecule has 0 N–H and O–H groups in total. The van der Waals surface area contributed by atoms with Crippen LogP contribution >= 0.6 is 0 Å². The topological polar surface area (TPSA) is 70.4 Å². The molecule has 4 rings (SSSR count). The second-order valence-electron chi connectivity index (χ2n) is 6.45. The van der Waals surface area contributed by atoms with Gasteiger partial charge in [0.2, 0.25) is 0 Å². The molecule has 0 aliphatic carbocycles. The molecular weight excluding hydrogens is 316 g/mol. The number of ether oxygens (including phenoxy) is 1. The van der Waals surface area contributed by atoms with E-state index in [1.54, 1.807) is 35.2 Å². The van der Waals surface area contributed by atoms with Gasteiger partial charge >= 0.3 is 5.97 Å². The lowest BCUT2D eigenvalue weighted by atomic mass is 9.85. The largest absolute Gasteiger partial charge is 0.449 e. The first-order valence-corrected chi connectivity index (χ1v) is 8.25. The fourth-order valence-corrected chi connectivity index (χ4v) is 3.71. The lowest BCUT2D eigenvalue weighted by Gasteiger charge is -2.39. The van der Waals surface area contributed by atoms with Gasteiger partial charge in [0.05, 0.1) is 23.7 Å². The summed E-state index contributed by atoms with van der Waals surface area (Å²) in [6.07, 6.45) is 1.48. The van der Waals surface area contributed by atoms with Gasteiger partial charge in [0.25, 0.3) is 5.91 Å². The van der Waals surface area contributed by atoms with Crippen LogP contribution in [0.1, 0.15) is 44.7 Å². The average molecular weight is 332 g/mol. The van der Waals surface area contributed by atoms with E-state index in [0.29, 0.717) is 36.2 Å². The number of piperidine rings is 1. The highest BCUT2D eigenvalue weighted by Gasteiger charge is 2.48. The van der Waals surface area contributed by atoms with Crippen LogP contribution in [0.15, 0.2) is 48.5 Å². The van der Waals surface area contributed by atoms with Crippen molar-refractivity contribution in [1.82, 2.24) is 4.90 Å². The number of hydrogen-bond donors (Lipinski definition) is 0. The van der Waals surface area contributed by atoms with Gasteiger partial charge in [0.1, 0.15) is 0 Å². The van der Waals surface area contributed by atoms with Crippen molar-refractivity contribution >= 4 is 11.9 Å². The number of carbonyl (C=O) groups excluding carboxylic acids is 2. The van der Waals surface area contributed by atoms with Crippen molar-refractivity contribution in [3.8, 4) is 6.07 Å². The number of likely N-dealkylation sites (tertiary alicyclic amines) is 1. The Morgan fingerprint density at radius 2 is 1.92 bits per heavy atom. The van der Waals surface area contributed by atoms with Gasteiger partial charge in [-0.3, -0.25) is 4.79 Å². The van der Waals surface area contributed by atoms with E-state index >= 15 is 0 Å². The Hall–Kier alpha value is -3.13. The molecule has 5 nitrogen and oxygen atoms in total. The summed E-state index contributed by atoms with van der Waals surface area (Å²) in [6.45, 7) is 0.981. The maximum absolute atomic E-state index is 12.8. The van der Waals surface area contributed by atoms with E-state index in [0.717, 1.165) is 12.0 Å². The van der Waals surface area contributed by atoms with E-state index in [4.69, 9.17) is 10.00 Å². The third-order valence-corrected chi connectivity index (χ3v) is 4.93. The second-order valence-corrected chi connectivity index (χ2v) is 6.45. The SMILES string of the molecule is N#Cc1ccc(C(=O)N2CCCC3(C2)OC(=O)c2ccccc23)cc1. The van der Waals surface area contributed by atoms with Crippen LogP contribution in [0.4, 0.5) is 0 Å². The fraction of sp³-hybridized carbons (Fsp3) is 0.250. The summed E-state index contributed by atoms with van der Waals surface area (Å²) in [5.74, 6) is -0.424. The van der Waals surface area contributed by atoms with Crippen LogP contribution in [0.5, 0.6) is 0 Å². The molecule has 1 fully saturated rings. The van der Waals surface area contributed by atoms with Gasteiger partial charge in [-0.25, -0.2) is 4.79 Å². The molecule has 2 aromatic rings. The number of amides is 1.